The highest BCUT2D eigenvalue weighted by Crippen LogP contribution is 2.44. The number of rotatable bonds is 3. The fourth-order valence-electron chi connectivity index (χ4n) is 4.22. The van der Waals surface area contributed by atoms with Gasteiger partial charge in [0.1, 0.15) is 6.10 Å². The van der Waals surface area contributed by atoms with Gasteiger partial charge in [0, 0.05) is 28.7 Å². The smallest absolute Gasteiger partial charge is 0.388 e. The second kappa shape index (κ2) is 7.36. The normalized spacial score (nSPS) is 19.9. The van der Waals surface area contributed by atoms with E-state index in [1.807, 2.05) is 20.8 Å². The average molecular weight is 408 g/mol. The van der Waals surface area contributed by atoms with E-state index >= 15 is 0 Å². The molecule has 29 heavy (non-hydrogen) atoms. The molecule has 0 saturated carbocycles. The van der Waals surface area contributed by atoms with Gasteiger partial charge in [-0.15, -0.1) is 0 Å². The molecule has 2 heterocycles. The summed E-state index contributed by atoms with van der Waals surface area (Å²) in [6.07, 6.45) is -4.39. The van der Waals surface area contributed by atoms with Crippen LogP contribution in [0.1, 0.15) is 91.6 Å². The number of halogens is 3. The lowest BCUT2D eigenvalue weighted by Gasteiger charge is -2.36. The highest BCUT2D eigenvalue weighted by Gasteiger charge is 2.36. The summed E-state index contributed by atoms with van der Waals surface area (Å²) in [4.78, 5) is 8.65. The maximum absolute atomic E-state index is 12.8. The molecule has 2 aromatic heterocycles. The van der Waals surface area contributed by atoms with Crippen LogP contribution in [0.2, 0.25) is 0 Å². The topological polar surface area (TPSA) is 66.2 Å². The predicted molar refractivity (Wildman–Crippen MR) is 103 cm³/mol. The summed E-state index contributed by atoms with van der Waals surface area (Å²) in [7, 11) is 0. The number of fused-ring (bicyclic) bond motifs is 1. The molecular formula is C22H27F3N2O2. The van der Waals surface area contributed by atoms with Crippen LogP contribution in [0.5, 0.6) is 0 Å². The number of hydrogen-bond donors (Lipinski definition) is 2. The molecule has 0 aromatic carbocycles. The van der Waals surface area contributed by atoms with Crippen LogP contribution in [0, 0.1) is 12.3 Å². The minimum Gasteiger partial charge on any atom is -0.388 e. The molecule has 0 bridgehead atoms. The van der Waals surface area contributed by atoms with E-state index in [1.54, 1.807) is 0 Å². The number of aliphatic hydroxyl groups excluding tert-OH is 2. The molecule has 0 fully saturated rings. The first-order valence-electron chi connectivity index (χ1n) is 9.74. The molecule has 3 rings (SSSR count). The zero-order valence-corrected chi connectivity index (χ0v) is 17.3. The Balaban J connectivity index is 2.12. The largest absolute Gasteiger partial charge is 0.417 e. The third-order valence-electron chi connectivity index (χ3n) is 5.59. The van der Waals surface area contributed by atoms with Crippen LogP contribution < -0.4 is 0 Å². The molecule has 1 unspecified atom stereocenters. The first-order chi connectivity index (χ1) is 13.3. The van der Waals surface area contributed by atoms with Crippen LogP contribution in [-0.4, -0.2) is 20.2 Å². The van der Waals surface area contributed by atoms with Crippen molar-refractivity contribution in [1.82, 2.24) is 9.97 Å². The van der Waals surface area contributed by atoms with Crippen LogP contribution in [0.3, 0.4) is 0 Å². The number of alkyl halides is 3. The van der Waals surface area contributed by atoms with Gasteiger partial charge in [0.15, 0.2) is 0 Å². The highest BCUT2D eigenvalue weighted by molar-refractivity contribution is 5.47. The SMILES string of the molecule is Cc1c2c(nc(C(C)C)c1[C@@H](O)c1ccc(C(F)(F)F)cn1)CC(C)(C)CC2O. The van der Waals surface area contributed by atoms with Crippen molar-refractivity contribution < 1.29 is 23.4 Å². The molecule has 0 radical (unpaired) electrons. The lowest BCUT2D eigenvalue weighted by molar-refractivity contribution is -0.137. The lowest BCUT2D eigenvalue weighted by Crippen LogP contribution is -2.29. The zero-order valence-electron chi connectivity index (χ0n) is 17.3. The highest BCUT2D eigenvalue weighted by atomic mass is 19.4. The van der Waals surface area contributed by atoms with Crippen LogP contribution in [0.25, 0.3) is 0 Å². The fourth-order valence-corrected chi connectivity index (χ4v) is 4.22. The maximum atomic E-state index is 12.8. The minimum absolute atomic E-state index is 0.0136. The van der Waals surface area contributed by atoms with Gasteiger partial charge < -0.3 is 10.2 Å². The molecule has 0 aliphatic heterocycles. The number of nitrogens with zero attached hydrogens (tertiary/aromatic N) is 2. The van der Waals surface area contributed by atoms with Crippen LogP contribution in [-0.2, 0) is 12.6 Å². The maximum Gasteiger partial charge on any atom is 0.417 e. The Bertz CT molecular complexity index is 906. The van der Waals surface area contributed by atoms with Crippen molar-refractivity contribution >= 4 is 0 Å². The monoisotopic (exact) mass is 408 g/mol. The van der Waals surface area contributed by atoms with Gasteiger partial charge in [-0.05, 0) is 48.8 Å². The van der Waals surface area contributed by atoms with Crippen LogP contribution >= 0.6 is 0 Å². The van der Waals surface area contributed by atoms with E-state index in [4.69, 9.17) is 4.98 Å². The summed E-state index contributed by atoms with van der Waals surface area (Å²) in [5.74, 6) is -0.0136. The van der Waals surface area contributed by atoms with E-state index in [2.05, 4.69) is 18.8 Å². The van der Waals surface area contributed by atoms with Gasteiger partial charge in [-0.25, -0.2) is 0 Å². The van der Waals surface area contributed by atoms with Gasteiger partial charge in [0.05, 0.1) is 17.4 Å². The van der Waals surface area contributed by atoms with Crippen LogP contribution in [0.4, 0.5) is 13.2 Å². The molecule has 2 N–H and O–H groups in total. The van der Waals surface area contributed by atoms with Gasteiger partial charge in [0.2, 0.25) is 0 Å². The number of aliphatic hydroxyl groups is 2. The standard InChI is InChI=1S/C22H27F3N2O2/c1-11(2)19-18(20(29)14-7-6-13(10-26-14)22(23,24)25)12(3)17-15(27-19)8-21(4,5)9-16(17)28/h6-7,10-11,16,20,28-29H,8-9H2,1-5H3/t16?,20-/m0/s1. The molecule has 1 aliphatic rings. The molecule has 2 atom stereocenters. The lowest BCUT2D eigenvalue weighted by atomic mass is 9.72. The van der Waals surface area contributed by atoms with Crippen LogP contribution in [0.15, 0.2) is 18.3 Å². The summed E-state index contributed by atoms with van der Waals surface area (Å²) in [5.41, 5.74) is 2.64. The number of pyridine rings is 2. The third-order valence-corrected chi connectivity index (χ3v) is 5.59. The van der Waals surface area contributed by atoms with E-state index in [0.29, 0.717) is 17.7 Å². The predicted octanol–water partition coefficient (Wildman–Crippen LogP) is 5.01. The Kier molecular flexibility index (Phi) is 5.51. The second-order valence-corrected chi connectivity index (χ2v) is 8.98. The molecule has 4 nitrogen and oxygen atoms in total. The molecule has 0 saturated heterocycles. The van der Waals surface area contributed by atoms with Gasteiger partial charge >= 0.3 is 6.18 Å². The zero-order chi connectivity index (χ0) is 21.7. The second-order valence-electron chi connectivity index (χ2n) is 8.98. The van der Waals surface area contributed by atoms with E-state index in [0.717, 1.165) is 35.5 Å². The van der Waals surface area contributed by atoms with Crippen molar-refractivity contribution in [3.63, 3.8) is 0 Å². The summed E-state index contributed by atoms with van der Waals surface area (Å²) >= 11 is 0. The molecule has 0 amide bonds. The quantitative estimate of drug-likeness (QED) is 0.749. The van der Waals surface area contributed by atoms with Crippen molar-refractivity contribution in [3.05, 3.63) is 57.7 Å². The minimum atomic E-state index is -4.49. The third kappa shape index (κ3) is 4.16. The van der Waals surface area contributed by atoms with Crippen molar-refractivity contribution in [1.29, 1.82) is 0 Å². The van der Waals surface area contributed by atoms with Crippen molar-refractivity contribution in [2.75, 3.05) is 0 Å². The molecule has 158 valence electrons. The first-order valence-corrected chi connectivity index (χ1v) is 9.74. The van der Waals surface area contributed by atoms with E-state index in [1.165, 1.54) is 6.07 Å². The Morgan fingerprint density at radius 2 is 1.86 bits per heavy atom. The van der Waals surface area contributed by atoms with E-state index < -0.39 is 23.9 Å². The van der Waals surface area contributed by atoms with Gasteiger partial charge in [-0.2, -0.15) is 13.2 Å². The van der Waals surface area contributed by atoms with Gasteiger partial charge in [0.25, 0.3) is 0 Å². The summed E-state index contributed by atoms with van der Waals surface area (Å²) in [6, 6.07) is 2.11. The Morgan fingerprint density at radius 1 is 1.21 bits per heavy atom. The summed E-state index contributed by atoms with van der Waals surface area (Å²) in [6.45, 7) is 9.90. The molecule has 1 aliphatic carbocycles. The number of hydrogen-bond acceptors (Lipinski definition) is 4. The number of aromatic nitrogens is 2. The average Bonchev–Trinajstić information content (AvgIpc) is 2.58. The molecule has 2 aromatic rings. The Morgan fingerprint density at radius 3 is 2.38 bits per heavy atom. The van der Waals surface area contributed by atoms with Crippen molar-refractivity contribution in [2.24, 2.45) is 5.41 Å². The molecule has 7 heteroatoms. The fraction of sp³-hybridized carbons (Fsp3) is 0.545. The first kappa shape index (κ1) is 21.7. The van der Waals surface area contributed by atoms with Crippen molar-refractivity contribution in [3.8, 4) is 0 Å². The van der Waals surface area contributed by atoms with Gasteiger partial charge in [-0.3, -0.25) is 9.97 Å². The Labute approximate surface area is 168 Å². The van der Waals surface area contributed by atoms with E-state index in [9.17, 15) is 23.4 Å². The van der Waals surface area contributed by atoms with Gasteiger partial charge in [-0.1, -0.05) is 27.7 Å². The van der Waals surface area contributed by atoms with Crippen molar-refractivity contribution in [2.45, 2.75) is 71.8 Å². The molecule has 0 spiro atoms. The Hall–Kier alpha value is -1.99. The van der Waals surface area contributed by atoms with E-state index in [-0.39, 0.29) is 17.0 Å². The summed E-state index contributed by atoms with van der Waals surface area (Å²) < 4.78 is 38.5. The molecular weight excluding hydrogens is 381 g/mol. The summed E-state index contributed by atoms with van der Waals surface area (Å²) in [5, 5.41) is 21.8.